The topological polar surface area (TPSA) is 63.5 Å². The molecule has 1 aliphatic carbocycles. The number of methoxy groups -OCH3 is 1. The summed E-state index contributed by atoms with van der Waals surface area (Å²) in [7, 11) is 3.60. The minimum atomic E-state index is -0.0659. The molecule has 1 saturated carbocycles. The van der Waals surface area contributed by atoms with Crippen LogP contribution in [0.3, 0.4) is 0 Å². The van der Waals surface area contributed by atoms with Crippen LogP contribution < -0.4 is 10.6 Å². The number of guanidine groups is 1. The first-order valence-corrected chi connectivity index (χ1v) is 7.93. The zero-order valence-corrected chi connectivity index (χ0v) is 17.1. The Balaban J connectivity index is 0.00000264. The summed E-state index contributed by atoms with van der Waals surface area (Å²) in [5.41, 5.74) is 0.0119. The molecule has 0 amide bonds. The van der Waals surface area contributed by atoms with E-state index >= 15 is 0 Å². The zero-order chi connectivity index (χ0) is 16.2. The Bertz CT molecular complexity index is 503. The van der Waals surface area contributed by atoms with Crippen molar-refractivity contribution in [2.45, 2.75) is 51.8 Å². The van der Waals surface area contributed by atoms with E-state index in [1.807, 2.05) is 24.0 Å². The summed E-state index contributed by atoms with van der Waals surface area (Å²) >= 11 is 0. The van der Waals surface area contributed by atoms with Crippen LogP contribution in [0.25, 0.3) is 0 Å². The Labute approximate surface area is 156 Å². The summed E-state index contributed by atoms with van der Waals surface area (Å²) in [6.07, 6.45) is 5.78. The lowest BCUT2D eigenvalue weighted by Gasteiger charge is -2.59. The van der Waals surface area contributed by atoms with E-state index in [-0.39, 0.29) is 35.0 Å². The predicted molar refractivity (Wildman–Crippen MR) is 104 cm³/mol. The van der Waals surface area contributed by atoms with Gasteiger partial charge in [-0.3, -0.25) is 9.67 Å². The molecule has 1 fully saturated rings. The molecule has 1 aliphatic rings. The first kappa shape index (κ1) is 20.2. The molecular formula is C16H30IN5O. The lowest BCUT2D eigenvalue weighted by atomic mass is 9.56. The lowest BCUT2D eigenvalue weighted by Crippen LogP contribution is -2.69. The molecule has 7 heteroatoms. The van der Waals surface area contributed by atoms with Crippen LogP contribution in [0.15, 0.2) is 23.5 Å². The number of rotatable bonds is 6. The molecule has 2 rings (SSSR count). The highest BCUT2D eigenvalue weighted by Crippen LogP contribution is 2.51. The second kappa shape index (κ2) is 8.32. The van der Waals surface area contributed by atoms with Gasteiger partial charge < -0.3 is 15.4 Å². The van der Waals surface area contributed by atoms with Gasteiger partial charge in [0.15, 0.2) is 5.96 Å². The number of nitrogens with one attached hydrogen (secondary N) is 2. The van der Waals surface area contributed by atoms with E-state index in [0.717, 1.165) is 31.9 Å². The number of hydrogen-bond acceptors (Lipinski definition) is 3. The van der Waals surface area contributed by atoms with Gasteiger partial charge in [0.1, 0.15) is 0 Å². The number of ether oxygens (including phenoxy) is 1. The predicted octanol–water partition coefficient (Wildman–Crippen LogP) is 2.26. The highest BCUT2D eigenvalue weighted by Gasteiger charge is 2.57. The lowest BCUT2D eigenvalue weighted by molar-refractivity contribution is -0.176. The highest BCUT2D eigenvalue weighted by atomic mass is 127. The Morgan fingerprint density at radius 3 is 2.70 bits per heavy atom. The largest absolute Gasteiger partial charge is 0.378 e. The Kier molecular flexibility index (Phi) is 7.31. The molecule has 6 nitrogen and oxygen atoms in total. The van der Waals surface area contributed by atoms with E-state index in [0.29, 0.717) is 6.04 Å². The molecule has 23 heavy (non-hydrogen) atoms. The maximum Gasteiger partial charge on any atom is 0.191 e. The number of aromatic nitrogens is 2. The first-order valence-electron chi connectivity index (χ1n) is 7.93. The zero-order valence-electron chi connectivity index (χ0n) is 14.8. The molecule has 1 aromatic heterocycles. The summed E-state index contributed by atoms with van der Waals surface area (Å²) in [5, 5.41) is 11.1. The van der Waals surface area contributed by atoms with Crippen molar-refractivity contribution < 1.29 is 4.74 Å². The minimum Gasteiger partial charge on any atom is -0.378 e. The van der Waals surface area contributed by atoms with Crippen LogP contribution >= 0.6 is 24.0 Å². The SMILES string of the molecule is CN=C(NCCCn1cccn1)NC1CC(C)(OC)C1(C)C.I. The fourth-order valence-electron chi connectivity index (χ4n) is 2.96. The van der Waals surface area contributed by atoms with Crippen molar-refractivity contribution in [3.8, 4) is 0 Å². The van der Waals surface area contributed by atoms with Gasteiger partial charge in [0.05, 0.1) is 5.60 Å². The molecule has 2 unspecified atom stereocenters. The number of aliphatic imine (C=N–C) groups is 1. The smallest absolute Gasteiger partial charge is 0.191 e. The van der Waals surface area contributed by atoms with E-state index in [9.17, 15) is 0 Å². The van der Waals surface area contributed by atoms with E-state index in [1.165, 1.54) is 0 Å². The molecule has 2 N–H and O–H groups in total. The van der Waals surface area contributed by atoms with Gasteiger partial charge in [-0.15, -0.1) is 24.0 Å². The average molecular weight is 435 g/mol. The van der Waals surface area contributed by atoms with Gasteiger partial charge in [0, 0.05) is 51.1 Å². The van der Waals surface area contributed by atoms with Crippen molar-refractivity contribution in [2.75, 3.05) is 20.7 Å². The molecule has 0 aliphatic heterocycles. The molecule has 0 aromatic carbocycles. The summed E-state index contributed by atoms with van der Waals surface area (Å²) in [6.45, 7) is 8.43. The van der Waals surface area contributed by atoms with Gasteiger partial charge in [0.25, 0.3) is 0 Å². The van der Waals surface area contributed by atoms with Crippen molar-refractivity contribution in [3.63, 3.8) is 0 Å². The number of hydrogen-bond donors (Lipinski definition) is 2. The monoisotopic (exact) mass is 435 g/mol. The van der Waals surface area contributed by atoms with Crippen LogP contribution in [0.4, 0.5) is 0 Å². The fraction of sp³-hybridized carbons (Fsp3) is 0.750. The molecule has 132 valence electrons. The van der Waals surface area contributed by atoms with Crippen molar-refractivity contribution in [2.24, 2.45) is 10.4 Å². The van der Waals surface area contributed by atoms with Gasteiger partial charge >= 0.3 is 0 Å². The minimum absolute atomic E-state index is 0. The third-order valence-corrected chi connectivity index (χ3v) is 5.23. The van der Waals surface area contributed by atoms with Crippen LogP contribution in [0.1, 0.15) is 33.6 Å². The second-order valence-corrected chi connectivity index (χ2v) is 6.68. The van der Waals surface area contributed by atoms with Gasteiger partial charge in [-0.05, 0) is 25.8 Å². The van der Waals surface area contributed by atoms with Gasteiger partial charge in [-0.2, -0.15) is 5.10 Å². The molecule has 0 saturated heterocycles. The Morgan fingerprint density at radius 2 is 2.17 bits per heavy atom. The van der Waals surface area contributed by atoms with Crippen LogP contribution in [0.5, 0.6) is 0 Å². The van der Waals surface area contributed by atoms with E-state index in [4.69, 9.17) is 4.74 Å². The average Bonchev–Trinajstić information content (AvgIpc) is 3.02. The van der Waals surface area contributed by atoms with Crippen molar-refractivity contribution in [3.05, 3.63) is 18.5 Å². The summed E-state index contributed by atoms with van der Waals surface area (Å²) in [4.78, 5) is 4.31. The fourth-order valence-corrected chi connectivity index (χ4v) is 2.96. The Hall–Kier alpha value is -0.830. The van der Waals surface area contributed by atoms with Gasteiger partial charge in [0.2, 0.25) is 0 Å². The molecule has 0 radical (unpaired) electrons. The summed E-state index contributed by atoms with van der Waals surface area (Å²) in [5.74, 6) is 0.858. The molecular weight excluding hydrogens is 405 g/mol. The highest BCUT2D eigenvalue weighted by molar-refractivity contribution is 14.0. The van der Waals surface area contributed by atoms with Gasteiger partial charge in [-0.1, -0.05) is 13.8 Å². The molecule has 1 heterocycles. The van der Waals surface area contributed by atoms with Crippen molar-refractivity contribution in [1.29, 1.82) is 0 Å². The second-order valence-electron chi connectivity index (χ2n) is 6.68. The van der Waals surface area contributed by atoms with Crippen LogP contribution in [0.2, 0.25) is 0 Å². The number of aryl methyl sites for hydroxylation is 1. The van der Waals surface area contributed by atoms with E-state index in [2.05, 4.69) is 41.5 Å². The maximum absolute atomic E-state index is 5.66. The molecule has 0 bridgehead atoms. The van der Waals surface area contributed by atoms with Crippen molar-refractivity contribution >= 4 is 29.9 Å². The van der Waals surface area contributed by atoms with Gasteiger partial charge in [-0.25, -0.2) is 0 Å². The number of nitrogens with zero attached hydrogens (tertiary/aromatic N) is 3. The van der Waals surface area contributed by atoms with Crippen LogP contribution in [-0.2, 0) is 11.3 Å². The van der Waals surface area contributed by atoms with Crippen LogP contribution in [-0.4, -0.2) is 48.1 Å². The molecule has 2 atom stereocenters. The normalized spacial score (nSPS) is 26.1. The Morgan fingerprint density at radius 1 is 1.43 bits per heavy atom. The van der Waals surface area contributed by atoms with E-state index < -0.39 is 0 Å². The van der Waals surface area contributed by atoms with Crippen molar-refractivity contribution in [1.82, 2.24) is 20.4 Å². The maximum atomic E-state index is 5.66. The third kappa shape index (κ3) is 4.37. The first-order chi connectivity index (χ1) is 10.4. The number of halogens is 1. The summed E-state index contributed by atoms with van der Waals surface area (Å²) in [6, 6.07) is 2.31. The third-order valence-electron chi connectivity index (χ3n) is 5.23. The van der Waals surface area contributed by atoms with E-state index in [1.54, 1.807) is 13.3 Å². The molecule has 1 aromatic rings. The van der Waals surface area contributed by atoms with Crippen LogP contribution in [0, 0.1) is 5.41 Å². The summed E-state index contributed by atoms with van der Waals surface area (Å²) < 4.78 is 7.61. The molecule has 0 spiro atoms. The standard InChI is InChI=1S/C16H29N5O.HI/c1-15(2)13(12-16(15,3)22-5)20-14(17-4)18-8-6-10-21-11-7-9-19-21;/h7,9,11,13H,6,8,10,12H2,1-5H3,(H2,17,18,20);1H. The quantitative estimate of drug-likeness (QED) is 0.312.